The van der Waals surface area contributed by atoms with Gasteiger partial charge < -0.3 is 10.4 Å². The van der Waals surface area contributed by atoms with E-state index in [9.17, 15) is 5.11 Å². The zero-order chi connectivity index (χ0) is 14.1. The van der Waals surface area contributed by atoms with Gasteiger partial charge in [-0.2, -0.15) is 0 Å². The maximum atomic E-state index is 9.64. The third-order valence-corrected chi connectivity index (χ3v) is 3.68. The van der Waals surface area contributed by atoms with Crippen molar-refractivity contribution in [2.75, 3.05) is 11.9 Å². The lowest BCUT2D eigenvalue weighted by Crippen LogP contribution is -2.38. The summed E-state index contributed by atoms with van der Waals surface area (Å²) in [6.45, 7) is 6.60. The van der Waals surface area contributed by atoms with Crippen LogP contribution in [0.25, 0.3) is 0 Å². The van der Waals surface area contributed by atoms with E-state index in [1.807, 2.05) is 0 Å². The summed E-state index contributed by atoms with van der Waals surface area (Å²) in [5.74, 6) is 0. The van der Waals surface area contributed by atoms with E-state index in [2.05, 4.69) is 50.4 Å². The van der Waals surface area contributed by atoms with Crippen LogP contribution >= 0.6 is 0 Å². The van der Waals surface area contributed by atoms with Crippen LogP contribution < -0.4 is 5.32 Å². The van der Waals surface area contributed by atoms with Gasteiger partial charge in [-0.3, -0.25) is 0 Å². The minimum atomic E-state index is -0.207. The number of rotatable bonds is 9. The molecule has 0 spiro atoms. The Kier molecular flexibility index (Phi) is 6.93. The molecule has 0 radical (unpaired) electrons. The van der Waals surface area contributed by atoms with Gasteiger partial charge in [-0.15, -0.1) is 0 Å². The molecule has 0 aromatic heterocycles. The summed E-state index contributed by atoms with van der Waals surface area (Å²) in [6.07, 6.45) is 7.36. The highest BCUT2D eigenvalue weighted by molar-refractivity contribution is 5.46. The zero-order valence-corrected chi connectivity index (χ0v) is 12.7. The maximum Gasteiger partial charge on any atom is 0.0658 e. The summed E-state index contributed by atoms with van der Waals surface area (Å²) >= 11 is 0. The van der Waals surface area contributed by atoms with Crippen molar-refractivity contribution in [1.29, 1.82) is 0 Å². The van der Waals surface area contributed by atoms with Crippen LogP contribution in [0, 0.1) is 6.92 Å². The molecule has 0 fully saturated rings. The predicted molar refractivity (Wildman–Crippen MR) is 83.7 cm³/mol. The molecule has 1 aromatic rings. The van der Waals surface area contributed by atoms with Crippen molar-refractivity contribution >= 4 is 5.69 Å². The number of unbranched alkanes of at least 4 members (excludes halogenated alkanes) is 4. The lowest BCUT2D eigenvalue weighted by atomic mass is 9.94. The molecule has 1 unspecified atom stereocenters. The van der Waals surface area contributed by atoms with Crippen molar-refractivity contribution in [3.63, 3.8) is 0 Å². The number of hydrogen-bond donors (Lipinski definition) is 2. The molecule has 0 aliphatic heterocycles. The summed E-state index contributed by atoms with van der Waals surface area (Å²) < 4.78 is 0. The van der Waals surface area contributed by atoms with Crippen LogP contribution in [-0.4, -0.2) is 17.3 Å². The highest BCUT2D eigenvalue weighted by Crippen LogP contribution is 2.21. The lowest BCUT2D eigenvalue weighted by molar-refractivity contribution is 0.211. The molecular weight excluding hydrogens is 234 g/mol. The summed E-state index contributed by atoms with van der Waals surface area (Å²) in [5.41, 5.74) is 2.15. The number of hydrogen-bond acceptors (Lipinski definition) is 2. The lowest BCUT2D eigenvalue weighted by Gasteiger charge is -2.30. The molecular formula is C17H29NO. The molecule has 2 nitrogen and oxygen atoms in total. The van der Waals surface area contributed by atoms with Crippen molar-refractivity contribution < 1.29 is 5.11 Å². The van der Waals surface area contributed by atoms with Crippen molar-refractivity contribution in [1.82, 2.24) is 0 Å². The molecule has 0 heterocycles. The second kappa shape index (κ2) is 8.21. The quantitative estimate of drug-likeness (QED) is 0.642. The van der Waals surface area contributed by atoms with Crippen LogP contribution in [-0.2, 0) is 0 Å². The normalized spacial score (nSPS) is 14.1. The fourth-order valence-electron chi connectivity index (χ4n) is 2.29. The van der Waals surface area contributed by atoms with Crippen molar-refractivity contribution in [3.8, 4) is 0 Å². The Balaban J connectivity index is 2.43. The minimum Gasteiger partial charge on any atom is -0.394 e. The highest BCUT2D eigenvalue weighted by Gasteiger charge is 2.22. The maximum absolute atomic E-state index is 9.64. The van der Waals surface area contributed by atoms with Crippen LogP contribution in [0.5, 0.6) is 0 Å². The fourth-order valence-corrected chi connectivity index (χ4v) is 2.29. The number of benzene rings is 1. The van der Waals surface area contributed by atoms with Crippen LogP contribution in [0.15, 0.2) is 24.3 Å². The third kappa shape index (κ3) is 6.11. The molecule has 1 rings (SSSR count). The second-order valence-corrected chi connectivity index (χ2v) is 5.87. The van der Waals surface area contributed by atoms with Crippen molar-refractivity contribution in [2.24, 2.45) is 0 Å². The summed E-state index contributed by atoms with van der Waals surface area (Å²) in [7, 11) is 0. The van der Waals surface area contributed by atoms with Gasteiger partial charge in [-0.25, -0.2) is 0 Å². The first-order valence-electron chi connectivity index (χ1n) is 7.55. The van der Waals surface area contributed by atoms with Gasteiger partial charge in [-0.05, 0) is 32.4 Å². The summed E-state index contributed by atoms with van der Waals surface area (Å²) in [6, 6.07) is 8.36. The van der Waals surface area contributed by atoms with Crippen LogP contribution in [0.1, 0.15) is 57.9 Å². The first kappa shape index (κ1) is 16.0. The SMILES string of the molecule is CCCCCCCC(C)(CO)Nc1ccc(C)cc1. The molecule has 0 bridgehead atoms. The van der Waals surface area contributed by atoms with Gasteiger partial charge in [0.1, 0.15) is 0 Å². The Hall–Kier alpha value is -1.02. The number of aliphatic hydroxyl groups is 1. The van der Waals surface area contributed by atoms with Crippen LogP contribution in [0.4, 0.5) is 5.69 Å². The second-order valence-electron chi connectivity index (χ2n) is 5.87. The molecule has 1 atom stereocenters. The van der Waals surface area contributed by atoms with E-state index in [1.54, 1.807) is 0 Å². The Morgan fingerprint density at radius 2 is 1.68 bits per heavy atom. The average Bonchev–Trinajstić information content (AvgIpc) is 2.41. The van der Waals surface area contributed by atoms with E-state index < -0.39 is 0 Å². The fraction of sp³-hybridized carbons (Fsp3) is 0.647. The number of anilines is 1. The Morgan fingerprint density at radius 1 is 1.05 bits per heavy atom. The largest absolute Gasteiger partial charge is 0.394 e. The van der Waals surface area contributed by atoms with E-state index in [-0.39, 0.29) is 12.1 Å². The molecule has 0 aliphatic carbocycles. The molecule has 0 saturated carbocycles. The standard InChI is InChI=1S/C17H29NO/c1-4-5-6-7-8-13-17(3,14-19)18-16-11-9-15(2)10-12-16/h9-12,18-19H,4-8,13-14H2,1-3H3. The molecule has 2 N–H and O–H groups in total. The van der Waals surface area contributed by atoms with E-state index >= 15 is 0 Å². The summed E-state index contributed by atoms with van der Waals surface area (Å²) in [4.78, 5) is 0. The number of aliphatic hydroxyl groups excluding tert-OH is 1. The Labute approximate surface area is 118 Å². The molecule has 108 valence electrons. The Morgan fingerprint density at radius 3 is 2.26 bits per heavy atom. The predicted octanol–water partition coefficient (Wildman–Crippen LogP) is 4.52. The van der Waals surface area contributed by atoms with Crippen LogP contribution in [0.3, 0.4) is 0 Å². The van der Waals surface area contributed by atoms with E-state index in [4.69, 9.17) is 0 Å². The number of aryl methyl sites for hydroxylation is 1. The topological polar surface area (TPSA) is 32.3 Å². The van der Waals surface area contributed by atoms with E-state index in [1.165, 1.54) is 37.7 Å². The smallest absolute Gasteiger partial charge is 0.0658 e. The first-order valence-corrected chi connectivity index (χ1v) is 7.55. The van der Waals surface area contributed by atoms with Gasteiger partial charge in [0, 0.05) is 5.69 Å². The van der Waals surface area contributed by atoms with Crippen molar-refractivity contribution in [2.45, 2.75) is 64.8 Å². The van der Waals surface area contributed by atoms with Gasteiger partial charge in [0.2, 0.25) is 0 Å². The Bertz CT molecular complexity index is 347. The highest BCUT2D eigenvalue weighted by atomic mass is 16.3. The molecule has 19 heavy (non-hydrogen) atoms. The molecule has 0 amide bonds. The third-order valence-electron chi connectivity index (χ3n) is 3.68. The van der Waals surface area contributed by atoms with E-state index in [0.29, 0.717) is 0 Å². The minimum absolute atomic E-state index is 0.175. The number of nitrogens with one attached hydrogen (secondary N) is 1. The summed E-state index contributed by atoms with van der Waals surface area (Å²) in [5, 5.41) is 13.1. The van der Waals surface area contributed by atoms with Gasteiger partial charge >= 0.3 is 0 Å². The molecule has 2 heteroatoms. The van der Waals surface area contributed by atoms with E-state index in [0.717, 1.165) is 12.1 Å². The van der Waals surface area contributed by atoms with Gasteiger partial charge in [0.15, 0.2) is 0 Å². The van der Waals surface area contributed by atoms with Gasteiger partial charge in [-0.1, -0.05) is 56.7 Å². The molecule has 0 saturated heterocycles. The molecule has 0 aliphatic rings. The average molecular weight is 263 g/mol. The van der Waals surface area contributed by atoms with Gasteiger partial charge in [0.05, 0.1) is 12.1 Å². The van der Waals surface area contributed by atoms with Gasteiger partial charge in [0.25, 0.3) is 0 Å². The van der Waals surface area contributed by atoms with Crippen LogP contribution in [0.2, 0.25) is 0 Å². The molecule has 1 aromatic carbocycles. The van der Waals surface area contributed by atoms with Crippen molar-refractivity contribution in [3.05, 3.63) is 29.8 Å². The first-order chi connectivity index (χ1) is 9.09. The monoisotopic (exact) mass is 263 g/mol. The zero-order valence-electron chi connectivity index (χ0n) is 12.7.